The third-order valence-electron chi connectivity index (χ3n) is 9.38. The summed E-state index contributed by atoms with van der Waals surface area (Å²) in [7, 11) is 2.27. The normalized spacial score (nSPS) is 13.4. The number of rotatable bonds is 32. The van der Waals surface area contributed by atoms with Crippen molar-refractivity contribution in [3.05, 3.63) is 0 Å². The van der Waals surface area contributed by atoms with Gasteiger partial charge < -0.3 is 4.48 Å². The Morgan fingerprint density at radius 1 is 0.525 bits per heavy atom. The molecule has 0 spiro atoms. The highest BCUT2D eigenvalue weighted by Crippen LogP contribution is 2.27. The van der Waals surface area contributed by atoms with Gasteiger partial charge in [0.1, 0.15) is 5.78 Å². The first-order valence-electron chi connectivity index (χ1n) is 18.3. The number of Topliss-reactive ketones (excluding diaryl/α,β-unsaturated/α-hetero) is 1. The molecule has 0 aromatic rings. The van der Waals surface area contributed by atoms with E-state index in [2.05, 4.69) is 34.7 Å². The second-order valence-corrected chi connectivity index (χ2v) is 13.2. The number of nitrogens with zero attached hydrogens (tertiary/aromatic N) is 1. The Morgan fingerprint density at radius 2 is 0.875 bits per heavy atom. The molecular weight excluding hydrogens is 490 g/mol. The highest BCUT2D eigenvalue weighted by atomic mass is 16.1. The zero-order valence-corrected chi connectivity index (χ0v) is 28.3. The molecule has 0 rings (SSSR count). The minimum Gasteiger partial charge on any atom is -0.317 e. The molecule has 238 valence electrons. The SMILES string of the molecule is CCCCCCCCCCCCCC(C(=O)CCCCCCCCCCC)C(C=O)[N+](C)(CCCC)CCCC. The molecule has 0 amide bonds. The molecule has 2 atom stereocenters. The van der Waals surface area contributed by atoms with Crippen LogP contribution in [-0.2, 0) is 9.59 Å². The molecule has 2 unspecified atom stereocenters. The minimum absolute atomic E-state index is 0.0937. The van der Waals surface area contributed by atoms with E-state index in [1.165, 1.54) is 115 Å². The molecule has 0 heterocycles. The van der Waals surface area contributed by atoms with Crippen molar-refractivity contribution in [2.24, 2.45) is 5.92 Å². The number of likely N-dealkylation sites (N-methyl/N-ethyl adjacent to an activating group) is 1. The third-order valence-corrected chi connectivity index (χ3v) is 9.38. The summed E-state index contributed by atoms with van der Waals surface area (Å²) in [6, 6.07) is -0.174. The molecule has 0 fully saturated rings. The lowest BCUT2D eigenvalue weighted by Gasteiger charge is -2.42. The van der Waals surface area contributed by atoms with E-state index in [1.54, 1.807) is 0 Å². The van der Waals surface area contributed by atoms with Crippen LogP contribution >= 0.6 is 0 Å². The molecule has 0 N–H and O–H groups in total. The number of carbonyl (C=O) groups is 2. The van der Waals surface area contributed by atoms with Crippen LogP contribution in [0.3, 0.4) is 0 Å². The van der Waals surface area contributed by atoms with Crippen LogP contribution in [0.1, 0.15) is 195 Å². The first kappa shape index (κ1) is 39.3. The summed E-state index contributed by atoms with van der Waals surface area (Å²) in [4.78, 5) is 26.4. The van der Waals surface area contributed by atoms with Crippen molar-refractivity contribution in [1.29, 1.82) is 0 Å². The number of hydrogen-bond donors (Lipinski definition) is 0. The zero-order valence-electron chi connectivity index (χ0n) is 28.3. The largest absolute Gasteiger partial charge is 0.317 e. The molecule has 3 heteroatoms. The van der Waals surface area contributed by atoms with E-state index in [1.807, 2.05) is 0 Å². The Morgan fingerprint density at radius 3 is 1.25 bits per heavy atom. The number of carbonyl (C=O) groups excluding carboxylic acids is 2. The number of hydrogen-bond acceptors (Lipinski definition) is 2. The molecule has 0 aliphatic heterocycles. The van der Waals surface area contributed by atoms with E-state index in [9.17, 15) is 9.59 Å². The Balaban J connectivity index is 4.89. The monoisotopic (exact) mass is 565 g/mol. The quantitative estimate of drug-likeness (QED) is 0.0462. The van der Waals surface area contributed by atoms with Crippen LogP contribution in [0.15, 0.2) is 0 Å². The van der Waals surface area contributed by atoms with Crippen LogP contribution in [-0.4, -0.2) is 42.7 Å². The van der Waals surface area contributed by atoms with Crippen molar-refractivity contribution in [2.45, 2.75) is 201 Å². The van der Waals surface area contributed by atoms with Crippen LogP contribution in [0, 0.1) is 5.92 Å². The molecule has 0 aliphatic carbocycles. The molecule has 0 aromatic heterocycles. The van der Waals surface area contributed by atoms with Gasteiger partial charge >= 0.3 is 0 Å². The fourth-order valence-corrected chi connectivity index (χ4v) is 6.47. The van der Waals surface area contributed by atoms with E-state index >= 15 is 0 Å². The van der Waals surface area contributed by atoms with Crippen molar-refractivity contribution < 1.29 is 14.1 Å². The van der Waals surface area contributed by atoms with Gasteiger partial charge in [0.15, 0.2) is 12.3 Å². The van der Waals surface area contributed by atoms with E-state index in [0.717, 1.165) is 68.9 Å². The predicted octanol–water partition coefficient (Wildman–Crippen LogP) is 11.4. The van der Waals surface area contributed by atoms with Crippen molar-refractivity contribution in [2.75, 3.05) is 20.1 Å². The number of unbranched alkanes of at least 4 members (excludes halogenated alkanes) is 20. The minimum atomic E-state index is -0.174. The van der Waals surface area contributed by atoms with Crippen LogP contribution < -0.4 is 0 Å². The molecular formula is C37H74NO2+. The Hall–Kier alpha value is -0.700. The van der Waals surface area contributed by atoms with Gasteiger partial charge in [0.25, 0.3) is 0 Å². The van der Waals surface area contributed by atoms with Gasteiger partial charge in [-0.05, 0) is 25.7 Å². The Kier molecular flexibility index (Phi) is 27.9. The van der Waals surface area contributed by atoms with Gasteiger partial charge in [-0.25, -0.2) is 0 Å². The topological polar surface area (TPSA) is 34.1 Å². The highest BCUT2D eigenvalue weighted by Gasteiger charge is 2.40. The van der Waals surface area contributed by atoms with E-state index in [-0.39, 0.29) is 12.0 Å². The lowest BCUT2D eigenvalue weighted by Crippen LogP contribution is -2.58. The van der Waals surface area contributed by atoms with Gasteiger partial charge in [0.05, 0.1) is 26.1 Å². The van der Waals surface area contributed by atoms with E-state index in [0.29, 0.717) is 12.2 Å². The average Bonchev–Trinajstić information content (AvgIpc) is 2.96. The van der Waals surface area contributed by atoms with Crippen LogP contribution in [0.25, 0.3) is 0 Å². The standard InChI is InChI=1S/C37H74NO2/c1-6-10-14-16-18-20-21-23-24-26-28-30-35(36(34-39)38(5,32-12-8-3)33-13-9-4)37(40)31-29-27-25-22-19-17-15-11-7-2/h34-36H,6-33H2,1-5H3/q+1. The summed E-state index contributed by atoms with van der Waals surface area (Å²) in [6.45, 7) is 11.0. The van der Waals surface area contributed by atoms with Crippen molar-refractivity contribution >= 4 is 12.1 Å². The maximum Gasteiger partial charge on any atom is 0.178 e. The lowest BCUT2D eigenvalue weighted by molar-refractivity contribution is -0.926. The molecule has 40 heavy (non-hydrogen) atoms. The molecule has 0 bridgehead atoms. The summed E-state index contributed by atoms with van der Waals surface area (Å²) in [6.07, 6.45) is 33.3. The molecule has 0 saturated heterocycles. The fraction of sp³-hybridized carbons (Fsp3) is 0.946. The first-order chi connectivity index (χ1) is 19.5. The van der Waals surface area contributed by atoms with Crippen LogP contribution in [0.4, 0.5) is 0 Å². The Labute approximate surface area is 252 Å². The second-order valence-electron chi connectivity index (χ2n) is 13.2. The van der Waals surface area contributed by atoms with Gasteiger partial charge in [0, 0.05) is 6.42 Å². The van der Waals surface area contributed by atoms with Crippen LogP contribution in [0.5, 0.6) is 0 Å². The van der Waals surface area contributed by atoms with Gasteiger partial charge in [-0.2, -0.15) is 0 Å². The summed E-state index contributed by atoms with van der Waals surface area (Å²) in [5.74, 6) is 0.285. The summed E-state index contributed by atoms with van der Waals surface area (Å²) < 4.78 is 0.761. The van der Waals surface area contributed by atoms with Gasteiger partial charge in [0.2, 0.25) is 0 Å². The number of aldehydes is 1. The number of ketones is 1. The highest BCUT2D eigenvalue weighted by molar-refractivity contribution is 5.84. The number of quaternary nitrogens is 1. The third kappa shape index (κ3) is 20.2. The lowest BCUT2D eigenvalue weighted by atomic mass is 9.85. The molecule has 0 radical (unpaired) electrons. The zero-order chi connectivity index (χ0) is 29.7. The smallest absolute Gasteiger partial charge is 0.178 e. The molecule has 3 nitrogen and oxygen atoms in total. The van der Waals surface area contributed by atoms with Crippen molar-refractivity contribution in [3.8, 4) is 0 Å². The molecule has 0 aliphatic rings. The summed E-state index contributed by atoms with van der Waals surface area (Å²) in [5.41, 5.74) is 0. The predicted molar refractivity (Wildman–Crippen MR) is 177 cm³/mol. The second kappa shape index (κ2) is 28.4. The Bertz CT molecular complexity index is 552. The maximum atomic E-state index is 13.7. The average molecular weight is 565 g/mol. The summed E-state index contributed by atoms with van der Waals surface area (Å²) >= 11 is 0. The molecule has 0 aromatic carbocycles. The maximum absolute atomic E-state index is 13.7. The van der Waals surface area contributed by atoms with Gasteiger partial charge in [-0.1, -0.05) is 163 Å². The van der Waals surface area contributed by atoms with Crippen molar-refractivity contribution in [3.63, 3.8) is 0 Å². The van der Waals surface area contributed by atoms with E-state index in [4.69, 9.17) is 0 Å². The fourth-order valence-electron chi connectivity index (χ4n) is 6.47. The van der Waals surface area contributed by atoms with E-state index < -0.39 is 0 Å². The summed E-state index contributed by atoms with van der Waals surface area (Å²) in [5, 5.41) is 0. The van der Waals surface area contributed by atoms with Crippen LogP contribution in [0.2, 0.25) is 0 Å². The first-order valence-corrected chi connectivity index (χ1v) is 18.3. The van der Waals surface area contributed by atoms with Crippen molar-refractivity contribution in [1.82, 2.24) is 0 Å². The van der Waals surface area contributed by atoms with Gasteiger partial charge in [-0.15, -0.1) is 0 Å². The van der Waals surface area contributed by atoms with Gasteiger partial charge in [-0.3, -0.25) is 9.59 Å². The molecule has 0 saturated carbocycles.